The predicted octanol–water partition coefficient (Wildman–Crippen LogP) is 3.06. The average Bonchev–Trinajstić information content (AvgIpc) is 2.65. The Morgan fingerprint density at radius 3 is 2.74 bits per heavy atom. The van der Waals surface area contributed by atoms with Crippen LogP contribution >= 0.6 is 0 Å². The minimum atomic E-state index is -0.382. The Balaban J connectivity index is 2.50. The number of carbonyl (C=O) groups excluding carboxylic acids is 1. The quantitative estimate of drug-likeness (QED) is 0.831. The molecule has 0 aliphatic carbocycles. The monoisotopic (exact) mass is 258 g/mol. The topological polar surface area (TPSA) is 68.1 Å². The van der Waals surface area contributed by atoms with E-state index in [1.807, 2.05) is 38.1 Å². The highest BCUT2D eigenvalue weighted by molar-refractivity contribution is 6.00. The highest BCUT2D eigenvalue weighted by Crippen LogP contribution is 2.31. The molecular formula is C15H18N2O2. The molecule has 19 heavy (non-hydrogen) atoms. The average molecular weight is 258 g/mol. The van der Waals surface area contributed by atoms with Gasteiger partial charge in [0.1, 0.15) is 5.56 Å². The number of carbonyl (C=O) groups is 1. The van der Waals surface area contributed by atoms with Crippen LogP contribution in [-0.2, 0) is 4.74 Å². The zero-order valence-corrected chi connectivity index (χ0v) is 11.4. The summed E-state index contributed by atoms with van der Waals surface area (Å²) in [6, 6.07) is 7.96. The molecule has 0 radical (unpaired) electrons. The van der Waals surface area contributed by atoms with E-state index in [9.17, 15) is 4.79 Å². The molecule has 0 spiro atoms. The number of aryl methyl sites for hydroxylation is 2. The van der Waals surface area contributed by atoms with Gasteiger partial charge in [-0.25, -0.2) is 4.79 Å². The third kappa shape index (κ3) is 2.47. The molecule has 0 aliphatic rings. The number of benzene rings is 1. The van der Waals surface area contributed by atoms with Gasteiger partial charge in [0.15, 0.2) is 0 Å². The summed E-state index contributed by atoms with van der Waals surface area (Å²) < 4.78 is 5.02. The van der Waals surface area contributed by atoms with Crippen LogP contribution in [0.25, 0.3) is 11.3 Å². The lowest BCUT2D eigenvalue weighted by Gasteiger charge is -2.03. The molecular weight excluding hydrogens is 240 g/mol. The molecule has 2 aromatic rings. The first-order chi connectivity index (χ1) is 9.04. The molecule has 0 fully saturated rings. The van der Waals surface area contributed by atoms with E-state index in [2.05, 4.69) is 4.98 Å². The van der Waals surface area contributed by atoms with Crippen LogP contribution < -0.4 is 5.73 Å². The van der Waals surface area contributed by atoms with Gasteiger partial charge in [0.25, 0.3) is 0 Å². The van der Waals surface area contributed by atoms with Crippen molar-refractivity contribution in [1.29, 1.82) is 0 Å². The van der Waals surface area contributed by atoms with E-state index in [1.165, 1.54) is 0 Å². The van der Waals surface area contributed by atoms with Crippen molar-refractivity contribution in [3.63, 3.8) is 0 Å². The summed E-state index contributed by atoms with van der Waals surface area (Å²) in [4.78, 5) is 15.0. The van der Waals surface area contributed by atoms with E-state index in [4.69, 9.17) is 10.5 Å². The highest BCUT2D eigenvalue weighted by atomic mass is 16.5. The Kier molecular flexibility index (Phi) is 3.60. The fraction of sp³-hybridized carbons (Fsp3) is 0.267. The minimum Gasteiger partial charge on any atom is -0.462 e. The number of ether oxygens (including phenoxy) is 1. The number of esters is 1. The minimum absolute atomic E-state index is 0.336. The number of anilines is 1. The zero-order chi connectivity index (χ0) is 14.0. The van der Waals surface area contributed by atoms with E-state index in [0.717, 1.165) is 22.5 Å². The first-order valence-electron chi connectivity index (χ1n) is 6.26. The van der Waals surface area contributed by atoms with Gasteiger partial charge in [0.2, 0.25) is 0 Å². The summed E-state index contributed by atoms with van der Waals surface area (Å²) in [7, 11) is 0. The molecule has 0 unspecified atom stereocenters. The molecule has 0 saturated heterocycles. The van der Waals surface area contributed by atoms with Crippen molar-refractivity contribution >= 4 is 11.7 Å². The van der Waals surface area contributed by atoms with Crippen LogP contribution in [0.1, 0.15) is 28.5 Å². The third-order valence-electron chi connectivity index (χ3n) is 3.01. The molecule has 4 nitrogen and oxygen atoms in total. The standard InChI is InChI=1S/C15H18N2O2/c1-4-19-15(18)12-10(3)17-14(13(12)16)11-7-5-6-9(2)8-11/h5-8,17H,4,16H2,1-3H3. The van der Waals surface area contributed by atoms with Gasteiger partial charge in [-0.05, 0) is 26.8 Å². The fourth-order valence-electron chi connectivity index (χ4n) is 2.14. The van der Waals surface area contributed by atoms with Crippen molar-refractivity contribution in [3.8, 4) is 11.3 Å². The maximum atomic E-state index is 11.9. The first kappa shape index (κ1) is 13.2. The second kappa shape index (κ2) is 5.18. The Morgan fingerprint density at radius 1 is 1.37 bits per heavy atom. The number of H-pyrrole nitrogens is 1. The number of hydrogen-bond donors (Lipinski definition) is 2. The van der Waals surface area contributed by atoms with Crippen LogP contribution in [0.2, 0.25) is 0 Å². The van der Waals surface area contributed by atoms with Gasteiger partial charge in [0, 0.05) is 11.3 Å². The Bertz CT molecular complexity index is 615. The SMILES string of the molecule is CCOC(=O)c1c(C)[nH]c(-c2cccc(C)c2)c1N. The third-order valence-corrected chi connectivity index (χ3v) is 3.01. The number of rotatable bonds is 3. The van der Waals surface area contributed by atoms with E-state index in [-0.39, 0.29) is 5.97 Å². The molecule has 4 heteroatoms. The van der Waals surface area contributed by atoms with Crippen molar-refractivity contribution in [3.05, 3.63) is 41.1 Å². The highest BCUT2D eigenvalue weighted by Gasteiger charge is 2.20. The van der Waals surface area contributed by atoms with E-state index in [0.29, 0.717) is 17.9 Å². The van der Waals surface area contributed by atoms with Crippen molar-refractivity contribution in [1.82, 2.24) is 4.98 Å². The summed E-state index contributed by atoms with van der Waals surface area (Å²) >= 11 is 0. The molecule has 1 heterocycles. The van der Waals surface area contributed by atoms with Crippen molar-refractivity contribution < 1.29 is 9.53 Å². The van der Waals surface area contributed by atoms with E-state index < -0.39 is 0 Å². The van der Waals surface area contributed by atoms with Gasteiger partial charge in [-0.2, -0.15) is 0 Å². The van der Waals surface area contributed by atoms with Gasteiger partial charge >= 0.3 is 5.97 Å². The predicted molar refractivity (Wildman–Crippen MR) is 76.1 cm³/mol. The number of nitrogens with two attached hydrogens (primary N) is 1. The number of nitrogens with one attached hydrogen (secondary N) is 1. The van der Waals surface area contributed by atoms with Crippen molar-refractivity contribution in [2.75, 3.05) is 12.3 Å². The number of aromatic nitrogens is 1. The van der Waals surface area contributed by atoms with Crippen molar-refractivity contribution in [2.45, 2.75) is 20.8 Å². The Labute approximate surface area is 112 Å². The van der Waals surface area contributed by atoms with Gasteiger partial charge in [-0.15, -0.1) is 0 Å². The molecule has 0 amide bonds. The lowest BCUT2D eigenvalue weighted by molar-refractivity contribution is 0.0527. The molecule has 3 N–H and O–H groups in total. The summed E-state index contributed by atoms with van der Waals surface area (Å²) in [5.41, 5.74) is 10.6. The molecule has 100 valence electrons. The maximum absolute atomic E-state index is 11.9. The molecule has 0 bridgehead atoms. The normalized spacial score (nSPS) is 10.5. The molecule has 0 atom stereocenters. The van der Waals surface area contributed by atoms with Crippen LogP contribution in [0.3, 0.4) is 0 Å². The molecule has 0 saturated carbocycles. The largest absolute Gasteiger partial charge is 0.462 e. The summed E-state index contributed by atoms with van der Waals surface area (Å²) in [5.74, 6) is -0.382. The van der Waals surface area contributed by atoms with Gasteiger partial charge < -0.3 is 15.5 Å². The van der Waals surface area contributed by atoms with Gasteiger partial charge in [0.05, 0.1) is 18.0 Å². The molecule has 0 aliphatic heterocycles. The second-order valence-electron chi connectivity index (χ2n) is 4.50. The van der Waals surface area contributed by atoms with E-state index in [1.54, 1.807) is 6.92 Å². The zero-order valence-electron chi connectivity index (χ0n) is 11.4. The summed E-state index contributed by atoms with van der Waals surface area (Å²) in [6.07, 6.45) is 0. The lowest BCUT2D eigenvalue weighted by Crippen LogP contribution is -2.07. The number of hydrogen-bond acceptors (Lipinski definition) is 3. The Hall–Kier alpha value is -2.23. The number of nitrogen functional groups attached to an aromatic ring is 1. The van der Waals surface area contributed by atoms with E-state index >= 15 is 0 Å². The van der Waals surface area contributed by atoms with Gasteiger partial charge in [-0.1, -0.05) is 23.8 Å². The fourth-order valence-corrected chi connectivity index (χ4v) is 2.14. The molecule has 2 rings (SSSR count). The van der Waals surface area contributed by atoms with Crippen LogP contribution in [-0.4, -0.2) is 17.6 Å². The molecule has 1 aromatic heterocycles. The van der Waals surface area contributed by atoms with Crippen LogP contribution in [0, 0.1) is 13.8 Å². The second-order valence-corrected chi connectivity index (χ2v) is 4.50. The summed E-state index contributed by atoms with van der Waals surface area (Å²) in [6.45, 7) is 5.95. The van der Waals surface area contributed by atoms with Crippen LogP contribution in [0.4, 0.5) is 5.69 Å². The van der Waals surface area contributed by atoms with Gasteiger partial charge in [-0.3, -0.25) is 0 Å². The maximum Gasteiger partial charge on any atom is 0.342 e. The van der Waals surface area contributed by atoms with Crippen LogP contribution in [0.5, 0.6) is 0 Å². The summed E-state index contributed by atoms with van der Waals surface area (Å²) in [5, 5.41) is 0. The lowest BCUT2D eigenvalue weighted by atomic mass is 10.1. The van der Waals surface area contributed by atoms with Crippen LogP contribution in [0.15, 0.2) is 24.3 Å². The Morgan fingerprint density at radius 2 is 2.11 bits per heavy atom. The van der Waals surface area contributed by atoms with Crippen molar-refractivity contribution in [2.24, 2.45) is 0 Å². The molecule has 1 aromatic carbocycles. The number of aromatic amines is 1. The smallest absolute Gasteiger partial charge is 0.342 e. The first-order valence-corrected chi connectivity index (χ1v) is 6.26.